The number of nitrogens with zero attached hydrogens (tertiary/aromatic N) is 1. The predicted molar refractivity (Wildman–Crippen MR) is 105 cm³/mol. The van der Waals surface area contributed by atoms with Crippen molar-refractivity contribution in [1.82, 2.24) is 4.31 Å². The third-order valence-corrected chi connectivity index (χ3v) is 6.16. The van der Waals surface area contributed by atoms with Gasteiger partial charge in [-0.2, -0.15) is 0 Å². The molecule has 2 aromatic rings. The minimum atomic E-state index is -3.77. The number of carbonyl (C=O) groups is 2. The molecule has 0 saturated heterocycles. The van der Waals surface area contributed by atoms with E-state index in [-0.39, 0.29) is 15.6 Å². The summed E-state index contributed by atoms with van der Waals surface area (Å²) < 4.78 is 31.2. The van der Waals surface area contributed by atoms with Gasteiger partial charge in [0.25, 0.3) is 5.91 Å². The predicted octanol–water partition coefficient (Wildman–Crippen LogP) is 3.15. The zero-order valence-corrected chi connectivity index (χ0v) is 17.6. The summed E-state index contributed by atoms with van der Waals surface area (Å²) in [4.78, 5) is 23.8. The molecule has 10 heteroatoms. The van der Waals surface area contributed by atoms with E-state index < -0.39 is 28.5 Å². The summed E-state index contributed by atoms with van der Waals surface area (Å²) in [6.07, 6.45) is 0. The Balaban J connectivity index is 2.05. The summed E-state index contributed by atoms with van der Waals surface area (Å²) in [7, 11) is -1.02. The quantitative estimate of drug-likeness (QED) is 0.648. The largest absolute Gasteiger partial charge is 0.452 e. The van der Waals surface area contributed by atoms with E-state index in [2.05, 4.69) is 21.2 Å². The van der Waals surface area contributed by atoms with Crippen LogP contribution in [0, 0.1) is 0 Å². The van der Waals surface area contributed by atoms with E-state index in [9.17, 15) is 18.0 Å². The lowest BCUT2D eigenvalue weighted by Crippen LogP contribution is -2.23. The van der Waals surface area contributed by atoms with Crippen molar-refractivity contribution in [3.63, 3.8) is 0 Å². The lowest BCUT2D eigenvalue weighted by Gasteiger charge is -2.14. The van der Waals surface area contributed by atoms with Gasteiger partial charge in [-0.05, 0) is 36.4 Å². The van der Waals surface area contributed by atoms with Crippen LogP contribution in [0.4, 0.5) is 5.69 Å². The van der Waals surface area contributed by atoms with Crippen molar-refractivity contribution in [3.8, 4) is 0 Å². The molecule has 0 atom stereocenters. The Labute approximate surface area is 170 Å². The molecule has 144 valence electrons. The molecule has 0 aliphatic carbocycles. The van der Waals surface area contributed by atoms with Gasteiger partial charge in [-0.3, -0.25) is 4.79 Å². The Hall–Kier alpha value is -1.94. The lowest BCUT2D eigenvalue weighted by molar-refractivity contribution is -0.119. The van der Waals surface area contributed by atoms with Crippen molar-refractivity contribution in [2.24, 2.45) is 0 Å². The zero-order chi connectivity index (χ0) is 20.2. The normalized spacial score (nSPS) is 11.3. The zero-order valence-electron chi connectivity index (χ0n) is 14.4. The van der Waals surface area contributed by atoms with Crippen LogP contribution in [-0.4, -0.2) is 45.3 Å². The first kappa shape index (κ1) is 21.4. The average Bonchev–Trinajstić information content (AvgIpc) is 2.61. The number of halogens is 2. The summed E-state index contributed by atoms with van der Waals surface area (Å²) in [5, 5.41) is 2.50. The van der Waals surface area contributed by atoms with Gasteiger partial charge < -0.3 is 10.1 Å². The highest BCUT2D eigenvalue weighted by molar-refractivity contribution is 9.10. The molecule has 2 rings (SSSR count). The van der Waals surface area contributed by atoms with Gasteiger partial charge in [0.1, 0.15) is 4.90 Å². The number of ether oxygens (including phenoxy) is 1. The highest BCUT2D eigenvalue weighted by Gasteiger charge is 2.21. The van der Waals surface area contributed by atoms with Gasteiger partial charge in [0.05, 0.1) is 10.6 Å². The van der Waals surface area contributed by atoms with Crippen LogP contribution in [-0.2, 0) is 19.6 Å². The Morgan fingerprint density at radius 3 is 2.52 bits per heavy atom. The number of esters is 1. The Bertz CT molecular complexity index is 979. The molecule has 1 N–H and O–H groups in total. The molecule has 0 heterocycles. The third-order valence-electron chi connectivity index (χ3n) is 3.37. The van der Waals surface area contributed by atoms with Crippen molar-refractivity contribution >= 4 is 55.1 Å². The second kappa shape index (κ2) is 8.83. The van der Waals surface area contributed by atoms with E-state index >= 15 is 0 Å². The van der Waals surface area contributed by atoms with Gasteiger partial charge in [0, 0.05) is 24.3 Å². The summed E-state index contributed by atoms with van der Waals surface area (Å²) in [6.45, 7) is -0.524. The first-order chi connectivity index (χ1) is 12.6. The van der Waals surface area contributed by atoms with Crippen LogP contribution in [0.3, 0.4) is 0 Å². The summed E-state index contributed by atoms with van der Waals surface area (Å²) >= 11 is 9.20. The van der Waals surface area contributed by atoms with Crippen molar-refractivity contribution in [2.45, 2.75) is 4.90 Å². The SMILES string of the molecule is CN(C)S(=O)(=O)c1cc(NC(=O)COC(=O)c2cccc(Br)c2)ccc1Cl. The van der Waals surface area contributed by atoms with Gasteiger partial charge in [-0.15, -0.1) is 0 Å². The van der Waals surface area contributed by atoms with Crippen molar-refractivity contribution in [3.05, 3.63) is 57.5 Å². The first-order valence-corrected chi connectivity index (χ1v) is 10.2. The van der Waals surface area contributed by atoms with Crippen LogP contribution in [0.1, 0.15) is 10.4 Å². The fraction of sp³-hybridized carbons (Fsp3) is 0.176. The molecule has 1 amide bonds. The Kier molecular flexibility index (Phi) is 6.99. The maximum Gasteiger partial charge on any atom is 0.338 e. The van der Waals surface area contributed by atoms with Gasteiger partial charge in [-0.1, -0.05) is 33.6 Å². The van der Waals surface area contributed by atoms with E-state index in [0.717, 1.165) is 4.31 Å². The third kappa shape index (κ3) is 5.52. The molecular weight excluding hydrogens is 460 g/mol. The molecule has 0 aliphatic heterocycles. The Morgan fingerprint density at radius 2 is 1.89 bits per heavy atom. The molecule has 27 heavy (non-hydrogen) atoms. The monoisotopic (exact) mass is 474 g/mol. The molecule has 0 spiro atoms. The molecule has 0 fully saturated rings. The van der Waals surface area contributed by atoms with Crippen LogP contribution in [0.2, 0.25) is 5.02 Å². The van der Waals surface area contributed by atoms with Crippen LogP contribution in [0.5, 0.6) is 0 Å². The fourth-order valence-electron chi connectivity index (χ4n) is 2.00. The average molecular weight is 476 g/mol. The summed E-state index contributed by atoms with van der Waals surface area (Å²) in [5.74, 6) is -1.27. The van der Waals surface area contributed by atoms with E-state index in [1.165, 1.54) is 32.3 Å². The molecule has 0 radical (unpaired) electrons. The minimum absolute atomic E-state index is 0.0304. The molecule has 0 saturated carbocycles. The van der Waals surface area contributed by atoms with Crippen LogP contribution in [0.15, 0.2) is 51.8 Å². The second-order valence-electron chi connectivity index (χ2n) is 5.57. The maximum absolute atomic E-state index is 12.2. The van der Waals surface area contributed by atoms with Crippen LogP contribution >= 0.6 is 27.5 Å². The topological polar surface area (TPSA) is 92.8 Å². The second-order valence-corrected chi connectivity index (χ2v) is 9.01. The molecule has 7 nitrogen and oxygen atoms in total. The van der Waals surface area contributed by atoms with Gasteiger partial charge in [-0.25, -0.2) is 17.5 Å². The first-order valence-electron chi connectivity index (χ1n) is 7.56. The fourth-order valence-corrected chi connectivity index (χ4v) is 3.80. The lowest BCUT2D eigenvalue weighted by atomic mass is 10.2. The number of rotatable bonds is 6. The van der Waals surface area contributed by atoms with E-state index in [0.29, 0.717) is 10.0 Å². The van der Waals surface area contributed by atoms with Gasteiger partial charge in [0.15, 0.2) is 6.61 Å². The molecule has 0 unspecified atom stereocenters. The number of sulfonamides is 1. The highest BCUT2D eigenvalue weighted by Crippen LogP contribution is 2.26. The standard InChI is InChI=1S/C17H16BrClN2O5S/c1-21(2)27(24,25)15-9-13(6-7-14(15)19)20-16(22)10-26-17(23)11-4-3-5-12(18)8-11/h3-9H,10H2,1-2H3,(H,20,22). The smallest absolute Gasteiger partial charge is 0.338 e. The molecule has 0 aromatic heterocycles. The van der Waals surface area contributed by atoms with E-state index in [1.807, 2.05) is 0 Å². The molecule has 2 aromatic carbocycles. The number of hydrogen-bond donors (Lipinski definition) is 1. The number of carbonyl (C=O) groups excluding carboxylic acids is 2. The maximum atomic E-state index is 12.2. The van der Waals surface area contributed by atoms with E-state index in [1.54, 1.807) is 24.3 Å². The molecular formula is C17H16BrClN2O5S. The van der Waals surface area contributed by atoms with Crippen LogP contribution in [0.25, 0.3) is 0 Å². The van der Waals surface area contributed by atoms with Gasteiger partial charge in [0.2, 0.25) is 10.0 Å². The van der Waals surface area contributed by atoms with Crippen LogP contribution < -0.4 is 5.32 Å². The Morgan fingerprint density at radius 1 is 1.19 bits per heavy atom. The highest BCUT2D eigenvalue weighted by atomic mass is 79.9. The van der Waals surface area contributed by atoms with Crippen molar-refractivity contribution in [1.29, 1.82) is 0 Å². The van der Waals surface area contributed by atoms with Crippen molar-refractivity contribution < 1.29 is 22.7 Å². The summed E-state index contributed by atoms with van der Waals surface area (Å²) in [6, 6.07) is 10.6. The van der Waals surface area contributed by atoms with Crippen molar-refractivity contribution in [2.75, 3.05) is 26.0 Å². The summed E-state index contributed by atoms with van der Waals surface area (Å²) in [5.41, 5.74) is 0.506. The molecule has 0 bridgehead atoms. The number of benzene rings is 2. The molecule has 0 aliphatic rings. The number of nitrogens with one attached hydrogen (secondary N) is 1. The number of hydrogen-bond acceptors (Lipinski definition) is 5. The minimum Gasteiger partial charge on any atom is -0.452 e. The number of amides is 1. The van der Waals surface area contributed by atoms with E-state index in [4.69, 9.17) is 16.3 Å². The number of anilines is 1. The van der Waals surface area contributed by atoms with Gasteiger partial charge >= 0.3 is 5.97 Å².